The Balaban J connectivity index is 0.00000106. The third kappa shape index (κ3) is 4.34. The fourth-order valence-electron chi connectivity index (χ4n) is 1.72. The fourth-order valence-corrected chi connectivity index (χ4v) is 1.72. The van der Waals surface area contributed by atoms with E-state index < -0.39 is 0 Å². The third-order valence-electron chi connectivity index (χ3n) is 2.74. The molecule has 0 aliphatic rings. The zero-order valence-electron chi connectivity index (χ0n) is 11.3. The van der Waals surface area contributed by atoms with Gasteiger partial charge in [0.1, 0.15) is 5.82 Å². The van der Waals surface area contributed by atoms with Gasteiger partial charge in [-0.05, 0) is 30.4 Å². The van der Waals surface area contributed by atoms with Crippen molar-refractivity contribution in [3.8, 4) is 0 Å². The van der Waals surface area contributed by atoms with Crippen molar-refractivity contribution >= 4 is 0 Å². The summed E-state index contributed by atoms with van der Waals surface area (Å²) in [4.78, 5) is 0. The maximum Gasteiger partial charge on any atom is 0.129 e. The summed E-state index contributed by atoms with van der Waals surface area (Å²) in [6.07, 6.45) is 3.43. The van der Waals surface area contributed by atoms with Crippen molar-refractivity contribution in [3.05, 3.63) is 35.1 Å². The van der Waals surface area contributed by atoms with Crippen molar-refractivity contribution in [2.75, 3.05) is 0 Å². The van der Waals surface area contributed by atoms with Gasteiger partial charge in [-0.3, -0.25) is 0 Å². The summed E-state index contributed by atoms with van der Waals surface area (Å²) in [6.45, 7) is 10.1. The van der Waals surface area contributed by atoms with E-state index in [1.54, 1.807) is 0 Å². The lowest BCUT2D eigenvalue weighted by atomic mass is 9.94. The van der Waals surface area contributed by atoms with Crippen molar-refractivity contribution in [2.24, 2.45) is 0 Å². The van der Waals surface area contributed by atoms with Gasteiger partial charge in [0, 0.05) is 0 Å². The smallest absolute Gasteiger partial charge is 0.129 e. The van der Waals surface area contributed by atoms with Crippen LogP contribution in [0.5, 0.6) is 0 Å². The van der Waals surface area contributed by atoms with E-state index in [9.17, 15) is 4.39 Å². The maximum atomic E-state index is 13.7. The zero-order valence-corrected chi connectivity index (χ0v) is 11.3. The molecule has 0 spiro atoms. The van der Waals surface area contributed by atoms with E-state index in [4.69, 9.17) is 0 Å². The molecule has 0 fully saturated rings. The quantitative estimate of drug-likeness (QED) is 0.637. The largest absolute Gasteiger partial charge is 0.206 e. The van der Waals surface area contributed by atoms with Gasteiger partial charge in [0.2, 0.25) is 0 Å². The highest BCUT2D eigenvalue weighted by atomic mass is 19.1. The standard InChI is InChI=1S/C13H19F.C2H6/c1-4-5-7-10(2)12-9-6-8-11(3)13(12)14;1-2/h6,8-10H,4-5,7H2,1-3H3;1-2H3. The maximum absolute atomic E-state index is 13.7. The number of aryl methyl sites for hydroxylation is 1. The van der Waals surface area contributed by atoms with Crippen molar-refractivity contribution < 1.29 is 4.39 Å². The molecule has 0 radical (unpaired) electrons. The van der Waals surface area contributed by atoms with Crippen LogP contribution in [0.3, 0.4) is 0 Å². The van der Waals surface area contributed by atoms with E-state index >= 15 is 0 Å². The molecule has 0 heterocycles. The van der Waals surface area contributed by atoms with E-state index in [2.05, 4.69) is 13.8 Å². The first-order chi connectivity index (χ1) is 7.66. The lowest BCUT2D eigenvalue weighted by Gasteiger charge is -2.13. The van der Waals surface area contributed by atoms with Gasteiger partial charge in [0.15, 0.2) is 0 Å². The summed E-state index contributed by atoms with van der Waals surface area (Å²) in [5.74, 6) is 0.325. The lowest BCUT2D eigenvalue weighted by Crippen LogP contribution is -1.99. The molecule has 0 saturated heterocycles. The summed E-state index contributed by atoms with van der Waals surface area (Å²) in [5.41, 5.74) is 1.63. The highest BCUT2D eigenvalue weighted by Gasteiger charge is 2.11. The highest BCUT2D eigenvalue weighted by molar-refractivity contribution is 5.27. The molecule has 0 nitrogen and oxygen atoms in total. The topological polar surface area (TPSA) is 0 Å². The van der Waals surface area contributed by atoms with E-state index in [1.807, 2.05) is 39.0 Å². The average Bonchev–Trinajstić information content (AvgIpc) is 2.32. The van der Waals surface area contributed by atoms with Gasteiger partial charge in [-0.1, -0.05) is 58.7 Å². The number of hydrogen-bond acceptors (Lipinski definition) is 0. The molecule has 0 saturated carbocycles. The normalized spacial score (nSPS) is 11.6. The molecular formula is C15H25F. The molecule has 16 heavy (non-hydrogen) atoms. The minimum absolute atomic E-state index is 0.0175. The van der Waals surface area contributed by atoms with Gasteiger partial charge in [0.05, 0.1) is 0 Å². The third-order valence-corrected chi connectivity index (χ3v) is 2.74. The van der Waals surface area contributed by atoms with Crippen molar-refractivity contribution in [2.45, 2.75) is 59.8 Å². The molecule has 0 aromatic heterocycles. The van der Waals surface area contributed by atoms with Crippen LogP contribution in [0.1, 0.15) is 64.0 Å². The molecule has 1 atom stereocenters. The van der Waals surface area contributed by atoms with Crippen molar-refractivity contribution in [3.63, 3.8) is 0 Å². The highest BCUT2D eigenvalue weighted by Crippen LogP contribution is 2.25. The van der Waals surface area contributed by atoms with Gasteiger partial charge in [-0.15, -0.1) is 0 Å². The molecule has 1 unspecified atom stereocenters. The molecule has 0 aliphatic heterocycles. The van der Waals surface area contributed by atoms with E-state index in [1.165, 1.54) is 12.8 Å². The molecule has 92 valence electrons. The first-order valence-electron chi connectivity index (χ1n) is 6.41. The van der Waals surface area contributed by atoms with Gasteiger partial charge in [-0.2, -0.15) is 0 Å². The number of unbranched alkanes of at least 4 members (excludes halogenated alkanes) is 1. The Hall–Kier alpha value is -0.850. The number of benzene rings is 1. The monoisotopic (exact) mass is 224 g/mol. The predicted octanol–water partition coefficient (Wildman–Crippen LogP) is 5.45. The molecule has 1 heteroatoms. The molecular weight excluding hydrogens is 199 g/mol. The summed E-state index contributed by atoms with van der Waals surface area (Å²) in [5, 5.41) is 0. The van der Waals surface area contributed by atoms with Gasteiger partial charge >= 0.3 is 0 Å². The Morgan fingerprint density at radius 3 is 2.44 bits per heavy atom. The number of halogens is 1. The lowest BCUT2D eigenvalue weighted by molar-refractivity contribution is 0.554. The first kappa shape index (κ1) is 15.2. The minimum atomic E-state index is -0.0175. The Morgan fingerprint density at radius 2 is 1.88 bits per heavy atom. The zero-order chi connectivity index (χ0) is 12.6. The van der Waals surface area contributed by atoms with Crippen LogP contribution in [0.4, 0.5) is 4.39 Å². The Labute approximate surface area is 99.9 Å². The van der Waals surface area contributed by atoms with Crippen LogP contribution in [0.2, 0.25) is 0 Å². The second-order valence-corrected chi connectivity index (χ2v) is 4.02. The summed E-state index contributed by atoms with van der Waals surface area (Å²) < 4.78 is 13.7. The summed E-state index contributed by atoms with van der Waals surface area (Å²) in [6, 6.07) is 5.67. The number of hydrogen-bond donors (Lipinski definition) is 0. The molecule has 1 aromatic rings. The number of rotatable bonds is 4. The SMILES string of the molecule is CC.CCCCC(C)c1cccc(C)c1F. The van der Waals surface area contributed by atoms with E-state index in [0.29, 0.717) is 5.92 Å². The van der Waals surface area contributed by atoms with Gasteiger partial charge < -0.3 is 0 Å². The van der Waals surface area contributed by atoms with Crippen LogP contribution < -0.4 is 0 Å². The van der Waals surface area contributed by atoms with Crippen LogP contribution >= 0.6 is 0 Å². The summed E-state index contributed by atoms with van der Waals surface area (Å²) >= 11 is 0. The fraction of sp³-hybridized carbons (Fsp3) is 0.600. The Bertz CT molecular complexity index is 291. The van der Waals surface area contributed by atoms with Crippen LogP contribution in [0.15, 0.2) is 18.2 Å². The Morgan fingerprint density at radius 1 is 1.25 bits per heavy atom. The molecule has 0 N–H and O–H groups in total. The second-order valence-electron chi connectivity index (χ2n) is 4.02. The first-order valence-corrected chi connectivity index (χ1v) is 6.41. The van der Waals surface area contributed by atoms with Crippen LogP contribution in [0.25, 0.3) is 0 Å². The minimum Gasteiger partial charge on any atom is -0.206 e. The molecule has 1 rings (SSSR count). The van der Waals surface area contributed by atoms with Crippen LogP contribution in [-0.4, -0.2) is 0 Å². The molecule has 1 aromatic carbocycles. The van der Waals surface area contributed by atoms with Crippen LogP contribution in [0, 0.1) is 12.7 Å². The average molecular weight is 224 g/mol. The second kappa shape index (κ2) is 8.32. The van der Waals surface area contributed by atoms with Crippen molar-refractivity contribution in [1.29, 1.82) is 0 Å². The molecule has 0 bridgehead atoms. The van der Waals surface area contributed by atoms with Crippen molar-refractivity contribution in [1.82, 2.24) is 0 Å². The summed E-state index contributed by atoms with van der Waals surface area (Å²) in [7, 11) is 0. The van der Waals surface area contributed by atoms with E-state index in [-0.39, 0.29) is 5.82 Å². The van der Waals surface area contributed by atoms with Crippen LogP contribution in [-0.2, 0) is 0 Å². The Kier molecular flexibility index (Phi) is 7.88. The molecule has 0 amide bonds. The molecule has 0 aliphatic carbocycles. The predicted molar refractivity (Wildman–Crippen MR) is 70.4 cm³/mol. The van der Waals surface area contributed by atoms with Gasteiger partial charge in [-0.25, -0.2) is 4.39 Å². The van der Waals surface area contributed by atoms with E-state index in [0.717, 1.165) is 17.5 Å². The van der Waals surface area contributed by atoms with Gasteiger partial charge in [0.25, 0.3) is 0 Å².